The van der Waals surface area contributed by atoms with Gasteiger partial charge >= 0.3 is 0 Å². The van der Waals surface area contributed by atoms with E-state index in [9.17, 15) is 0 Å². The highest BCUT2D eigenvalue weighted by Crippen LogP contribution is 2.46. The van der Waals surface area contributed by atoms with Crippen LogP contribution in [-0.4, -0.2) is 7.05 Å². The minimum atomic E-state index is 0.153. The Morgan fingerprint density at radius 2 is 1.69 bits per heavy atom. The Hall–Kier alpha value is -1.24. The van der Waals surface area contributed by atoms with Crippen LogP contribution in [0.5, 0.6) is 0 Å². The number of rotatable bonds is 0. The molecule has 1 aliphatic heterocycles. The van der Waals surface area contributed by atoms with E-state index in [2.05, 4.69) is 63.1 Å². The molecular weight excluding hydrogens is 194 g/mol. The van der Waals surface area contributed by atoms with Crippen molar-refractivity contribution in [3.05, 3.63) is 41.6 Å². The minimum Gasteiger partial charge on any atom is -0.347 e. The van der Waals surface area contributed by atoms with Crippen molar-refractivity contribution < 1.29 is 0 Å². The molecule has 0 N–H and O–H groups in total. The number of allylic oxidation sites excluding steroid dienone is 2. The average molecular weight is 217 g/mol. The first-order valence-electron chi connectivity index (χ1n) is 6.09. The highest BCUT2D eigenvalue weighted by molar-refractivity contribution is 5.69. The van der Waals surface area contributed by atoms with Gasteiger partial charge in [-0.2, -0.15) is 0 Å². The molecule has 0 fully saturated rings. The van der Waals surface area contributed by atoms with Gasteiger partial charge in [0, 0.05) is 23.8 Å². The predicted octanol–water partition coefficient (Wildman–Crippen LogP) is 4.34. The first-order chi connectivity index (χ1) is 7.59. The molecule has 0 unspecified atom stereocenters. The average Bonchev–Trinajstić information content (AvgIpc) is 2.50. The summed E-state index contributed by atoms with van der Waals surface area (Å²) in [5, 5.41) is 0. The van der Waals surface area contributed by atoms with Crippen LogP contribution in [0, 0.1) is 0 Å². The molecule has 0 aromatic heterocycles. The lowest BCUT2D eigenvalue weighted by Gasteiger charge is -2.23. The van der Waals surface area contributed by atoms with Crippen molar-refractivity contribution in [2.45, 2.75) is 40.0 Å². The van der Waals surface area contributed by atoms with E-state index in [-0.39, 0.29) is 5.41 Å². The van der Waals surface area contributed by atoms with Crippen molar-refractivity contribution >= 4 is 5.69 Å². The Balaban J connectivity index is 0.000000606. The first kappa shape index (κ1) is 12.8. The number of hydrogen-bond acceptors (Lipinski definition) is 1. The maximum atomic E-state index is 2.29. The van der Waals surface area contributed by atoms with Crippen LogP contribution in [0.1, 0.15) is 40.2 Å². The second-order valence-corrected chi connectivity index (χ2v) is 4.38. The van der Waals surface area contributed by atoms with Gasteiger partial charge in [-0.3, -0.25) is 0 Å². The van der Waals surface area contributed by atoms with Crippen molar-refractivity contribution in [2.24, 2.45) is 0 Å². The van der Waals surface area contributed by atoms with E-state index in [1.807, 2.05) is 13.8 Å². The van der Waals surface area contributed by atoms with Gasteiger partial charge < -0.3 is 4.90 Å². The summed E-state index contributed by atoms with van der Waals surface area (Å²) in [6.07, 6.45) is 2.21. The fraction of sp³-hybridized carbons (Fsp3) is 0.467. The van der Waals surface area contributed by atoms with Crippen molar-refractivity contribution in [3.8, 4) is 0 Å². The standard InChI is InChI=1S/C13H17N.C2H6/c1-5-12-13(2,3)10-8-6-7-9-11(10)14(12)4;1-2/h5-9H,1-4H3;1-2H3/b12-5-;. The van der Waals surface area contributed by atoms with Crippen LogP contribution >= 0.6 is 0 Å². The molecule has 0 bridgehead atoms. The lowest BCUT2D eigenvalue weighted by Crippen LogP contribution is -2.22. The molecule has 0 spiro atoms. The molecule has 1 aromatic rings. The largest absolute Gasteiger partial charge is 0.347 e. The number of hydrogen-bond donors (Lipinski definition) is 0. The van der Waals surface area contributed by atoms with Crippen molar-refractivity contribution in [3.63, 3.8) is 0 Å². The predicted molar refractivity (Wildman–Crippen MR) is 73.0 cm³/mol. The van der Waals surface area contributed by atoms with E-state index in [4.69, 9.17) is 0 Å². The van der Waals surface area contributed by atoms with Crippen molar-refractivity contribution in [2.75, 3.05) is 11.9 Å². The van der Waals surface area contributed by atoms with Gasteiger partial charge in [-0.25, -0.2) is 0 Å². The number of nitrogens with zero attached hydrogens (tertiary/aromatic N) is 1. The van der Waals surface area contributed by atoms with Gasteiger partial charge in [-0.05, 0) is 18.6 Å². The molecule has 0 aliphatic carbocycles. The number of fused-ring (bicyclic) bond motifs is 1. The number of likely N-dealkylation sites (N-methyl/N-ethyl adjacent to an activating group) is 1. The fourth-order valence-electron chi connectivity index (χ4n) is 2.54. The second-order valence-electron chi connectivity index (χ2n) is 4.38. The third kappa shape index (κ3) is 1.75. The van der Waals surface area contributed by atoms with Crippen LogP contribution in [0.15, 0.2) is 36.0 Å². The molecule has 2 rings (SSSR count). The molecule has 0 radical (unpaired) electrons. The number of benzene rings is 1. The Morgan fingerprint density at radius 3 is 2.19 bits per heavy atom. The molecule has 1 aliphatic rings. The highest BCUT2D eigenvalue weighted by atomic mass is 15.2. The summed E-state index contributed by atoms with van der Waals surface area (Å²) in [5.41, 5.74) is 4.31. The lowest BCUT2D eigenvalue weighted by molar-refractivity contribution is 0.639. The van der Waals surface area contributed by atoms with Gasteiger partial charge in [-0.15, -0.1) is 0 Å². The molecule has 1 nitrogen and oxygen atoms in total. The Morgan fingerprint density at radius 1 is 1.12 bits per heavy atom. The first-order valence-corrected chi connectivity index (χ1v) is 6.09. The maximum absolute atomic E-state index is 2.29. The topological polar surface area (TPSA) is 3.24 Å². The van der Waals surface area contributed by atoms with Crippen LogP contribution in [0.2, 0.25) is 0 Å². The van der Waals surface area contributed by atoms with Gasteiger partial charge in [0.2, 0.25) is 0 Å². The molecule has 0 saturated heterocycles. The zero-order chi connectivity index (χ0) is 12.3. The highest BCUT2D eigenvalue weighted by Gasteiger charge is 2.37. The zero-order valence-corrected chi connectivity index (χ0v) is 11.3. The fourth-order valence-corrected chi connectivity index (χ4v) is 2.54. The zero-order valence-electron chi connectivity index (χ0n) is 11.3. The molecule has 88 valence electrons. The van der Waals surface area contributed by atoms with Crippen LogP contribution in [0.25, 0.3) is 0 Å². The van der Waals surface area contributed by atoms with Crippen LogP contribution < -0.4 is 4.90 Å². The van der Waals surface area contributed by atoms with E-state index >= 15 is 0 Å². The molecule has 0 saturated carbocycles. The molecule has 1 heteroatoms. The maximum Gasteiger partial charge on any atom is 0.0447 e. The van der Waals surface area contributed by atoms with Gasteiger partial charge in [0.05, 0.1) is 0 Å². The van der Waals surface area contributed by atoms with Gasteiger partial charge in [0.1, 0.15) is 0 Å². The second kappa shape index (κ2) is 4.73. The van der Waals surface area contributed by atoms with E-state index in [0.29, 0.717) is 0 Å². The van der Waals surface area contributed by atoms with Crippen LogP contribution in [-0.2, 0) is 5.41 Å². The summed E-state index contributed by atoms with van der Waals surface area (Å²) in [5.74, 6) is 0. The summed E-state index contributed by atoms with van der Waals surface area (Å²) < 4.78 is 0. The third-order valence-electron chi connectivity index (χ3n) is 3.21. The van der Waals surface area contributed by atoms with E-state index in [1.165, 1.54) is 16.9 Å². The summed E-state index contributed by atoms with van der Waals surface area (Å²) in [7, 11) is 2.14. The number of para-hydroxylation sites is 1. The molecule has 1 aromatic carbocycles. The van der Waals surface area contributed by atoms with Gasteiger partial charge in [-0.1, -0.05) is 52.0 Å². The van der Waals surface area contributed by atoms with Crippen LogP contribution in [0.4, 0.5) is 5.69 Å². The Bertz CT molecular complexity index is 388. The molecule has 16 heavy (non-hydrogen) atoms. The van der Waals surface area contributed by atoms with E-state index in [0.717, 1.165) is 0 Å². The summed E-state index contributed by atoms with van der Waals surface area (Å²) in [4.78, 5) is 2.29. The quantitative estimate of drug-likeness (QED) is 0.624. The molecule has 0 amide bonds. The minimum absolute atomic E-state index is 0.153. The summed E-state index contributed by atoms with van der Waals surface area (Å²) >= 11 is 0. The summed E-state index contributed by atoms with van der Waals surface area (Å²) in [6, 6.07) is 8.63. The normalized spacial score (nSPS) is 19.1. The third-order valence-corrected chi connectivity index (χ3v) is 3.21. The Labute approximate surface area is 99.8 Å². The molecule has 0 atom stereocenters. The van der Waals surface area contributed by atoms with E-state index < -0.39 is 0 Å². The summed E-state index contributed by atoms with van der Waals surface area (Å²) in [6.45, 7) is 10.7. The van der Waals surface area contributed by atoms with E-state index in [1.54, 1.807) is 0 Å². The van der Waals surface area contributed by atoms with Crippen LogP contribution in [0.3, 0.4) is 0 Å². The SMILES string of the molecule is C/C=C1\N(C)c2ccccc2C1(C)C.CC. The monoisotopic (exact) mass is 217 g/mol. The van der Waals surface area contributed by atoms with Gasteiger partial charge in [0.15, 0.2) is 0 Å². The van der Waals surface area contributed by atoms with Gasteiger partial charge in [0.25, 0.3) is 0 Å². The van der Waals surface area contributed by atoms with Crippen molar-refractivity contribution in [1.29, 1.82) is 0 Å². The molecule has 1 heterocycles. The Kier molecular flexibility index (Phi) is 3.79. The molecular formula is C15H23N. The lowest BCUT2D eigenvalue weighted by atomic mass is 9.84. The smallest absolute Gasteiger partial charge is 0.0447 e. The number of anilines is 1. The van der Waals surface area contributed by atoms with Crippen molar-refractivity contribution in [1.82, 2.24) is 0 Å².